The quantitative estimate of drug-likeness (QED) is 0.0895. The number of ether oxygens (including phenoxy) is 2. The van der Waals surface area contributed by atoms with Gasteiger partial charge in [0.05, 0.1) is 100 Å². The van der Waals surface area contributed by atoms with Crippen molar-refractivity contribution in [1.29, 1.82) is 0 Å². The van der Waals surface area contributed by atoms with Gasteiger partial charge in [-0.05, 0) is 130 Å². The van der Waals surface area contributed by atoms with E-state index in [4.69, 9.17) is 99.5 Å². The van der Waals surface area contributed by atoms with Crippen LogP contribution in [-0.4, -0.2) is 159 Å². The molecule has 2 fully saturated rings. The van der Waals surface area contributed by atoms with E-state index in [0.717, 1.165) is 52.0 Å². The molecule has 14 nitrogen and oxygen atoms in total. The number of piperazine rings is 1. The Balaban J connectivity index is 1.17. The molecule has 26 heteroatoms. The van der Waals surface area contributed by atoms with E-state index in [-0.39, 0.29) is 34.2 Å². The molecule has 5 aromatic rings. The lowest BCUT2D eigenvalue weighted by Gasteiger charge is -2.79. The summed E-state index contributed by atoms with van der Waals surface area (Å²) < 4.78 is 41.4. The normalized spacial score (nSPS) is 20.0. The van der Waals surface area contributed by atoms with Gasteiger partial charge in [-0.2, -0.15) is 0 Å². The van der Waals surface area contributed by atoms with E-state index in [1.807, 2.05) is 16.9 Å². The molecule has 2 aromatic heterocycles. The number of amides is 1. The minimum absolute atomic E-state index is 0.0735. The summed E-state index contributed by atoms with van der Waals surface area (Å²) in [6, 6.07) is 17.2. The highest BCUT2D eigenvalue weighted by Gasteiger charge is 2.63. The first kappa shape index (κ1) is 52.5. The number of aromatic amines is 1. The molecular weight excluding hydrogens is 926 g/mol. The van der Waals surface area contributed by atoms with Crippen molar-refractivity contribution in [2.24, 2.45) is 11.3 Å². The molecule has 0 unspecified atom stereocenters. The van der Waals surface area contributed by atoms with Gasteiger partial charge >= 0.3 is 0 Å². The molecule has 1 amide bonds. The van der Waals surface area contributed by atoms with E-state index in [2.05, 4.69) is 29.1 Å². The summed E-state index contributed by atoms with van der Waals surface area (Å²) in [5.41, 5.74) is 1.24. The van der Waals surface area contributed by atoms with Gasteiger partial charge in [0.25, 0.3) is 21.6 Å². The second-order valence-electron chi connectivity index (χ2n) is 19.3. The minimum atomic E-state index is -4.80. The Morgan fingerprint density at radius 2 is 1.61 bits per heavy atom. The van der Waals surface area contributed by atoms with Gasteiger partial charge in [-0.1, -0.05) is 43.2 Å². The van der Waals surface area contributed by atoms with Crippen LogP contribution >= 0.6 is 11.6 Å². The molecule has 3 aromatic carbocycles. The molecule has 0 bridgehead atoms. The third-order valence-corrected chi connectivity index (χ3v) is 15.2. The number of carbonyl (C=O) groups excluding carboxylic acids is 1. The summed E-state index contributed by atoms with van der Waals surface area (Å²) >= 11 is 6.26. The average Bonchev–Trinajstić information content (AvgIpc) is 3.75. The zero-order valence-corrected chi connectivity index (χ0v) is 40.6. The number of hydrogen-bond donors (Lipinski definition) is 3. The zero-order chi connectivity index (χ0) is 51.7. The standard InChI is InChI=1S/C45H40B10ClN7O7S/c1-40(2)15-11-34(33(22-40)26-3-5-28(56)6-4-26)41(46,47)63-44(52,53)42(48,49)61(43(50,51)45(63,54)55)29-7-9-32(37(20-29)70-30-19-27-12-16-57-38(27)59-24-30)39(64)60-71(67,68)31-8-10-35(36(21-31)62(65)66)58-23-25-13-17-69-18-14-25/h3-10,12,16,19-21,24-25,58H,11,13-15,17-18,22-23H2,1-2H3,(H,57,59)(H,60,64). The number of fused-ring (bicyclic) bond motifs is 1. The first-order valence-electron chi connectivity index (χ1n) is 22.5. The van der Waals surface area contributed by atoms with Crippen LogP contribution < -0.4 is 19.7 Å². The predicted octanol–water partition coefficient (Wildman–Crippen LogP) is 3.61. The fourth-order valence-corrected chi connectivity index (χ4v) is 10.7. The molecular formula is C45H40B10ClN7O7S. The van der Waals surface area contributed by atoms with Crippen LogP contribution in [0.1, 0.15) is 61.9 Å². The summed E-state index contributed by atoms with van der Waals surface area (Å²) in [4.78, 5) is 34.3. The molecule has 0 saturated carbocycles. The Morgan fingerprint density at radius 3 is 2.25 bits per heavy atom. The van der Waals surface area contributed by atoms with Crippen LogP contribution in [0.2, 0.25) is 5.02 Å². The maximum atomic E-state index is 14.2. The van der Waals surface area contributed by atoms with Gasteiger partial charge in [-0.25, -0.2) is 18.1 Å². The monoisotopic (exact) mass is 967 g/mol. The number of H-pyrrole nitrogens is 1. The second-order valence-corrected chi connectivity index (χ2v) is 21.4. The highest BCUT2D eigenvalue weighted by atomic mass is 35.5. The van der Waals surface area contributed by atoms with Crippen LogP contribution in [0.4, 0.5) is 17.1 Å². The predicted molar refractivity (Wildman–Crippen MR) is 284 cm³/mol. The van der Waals surface area contributed by atoms with Gasteiger partial charge in [-0.15, -0.1) is 0 Å². The SMILES string of the molecule is [B]C([B])(C1=C(c2ccc(Cl)cc2)CC(C)(C)CC1)N1C([B])([B])C([B])([B])N(c2ccc(C(=O)NS(=O)(=O)c3ccc(NCC4CCOCC4)c([N+](=O)[O-])c3)c(Oc3cnc4[nH]ccc4c3)c2)C([B])([B])C1([B])[B]. The summed E-state index contributed by atoms with van der Waals surface area (Å²) in [5, 5.41) is 3.62. The molecule has 3 N–H and O–H groups in total. The lowest BCUT2D eigenvalue weighted by atomic mass is 9.24. The number of aromatic nitrogens is 2. The first-order valence-corrected chi connectivity index (χ1v) is 24.3. The van der Waals surface area contributed by atoms with E-state index < -0.39 is 63.7 Å². The molecule has 2 saturated heterocycles. The summed E-state index contributed by atoms with van der Waals surface area (Å²) in [6.07, 6.45) is 5.92. The molecule has 4 heterocycles. The third-order valence-electron chi connectivity index (χ3n) is 13.6. The second kappa shape index (κ2) is 18.9. The van der Waals surface area contributed by atoms with Crippen molar-refractivity contribution in [2.45, 2.75) is 77.5 Å². The van der Waals surface area contributed by atoms with Crippen molar-refractivity contribution in [3.05, 3.63) is 117 Å². The highest BCUT2D eigenvalue weighted by Crippen LogP contribution is 2.53. The van der Waals surface area contributed by atoms with Crippen molar-refractivity contribution in [3.63, 3.8) is 0 Å². The number of sulfonamides is 1. The van der Waals surface area contributed by atoms with E-state index in [1.54, 1.807) is 30.5 Å². The van der Waals surface area contributed by atoms with Crippen LogP contribution in [0, 0.1) is 21.4 Å². The summed E-state index contributed by atoms with van der Waals surface area (Å²) in [6.45, 7) is 5.72. The van der Waals surface area contributed by atoms with Crippen molar-refractivity contribution in [3.8, 4) is 11.5 Å². The Bertz CT molecular complexity index is 3020. The van der Waals surface area contributed by atoms with E-state index in [9.17, 15) is 23.3 Å². The lowest BCUT2D eigenvalue weighted by Crippen LogP contribution is -2.95. The number of nitro benzene ring substituents is 1. The number of nitro groups is 1. The number of nitrogens with one attached hydrogen (secondary N) is 3. The number of anilines is 2. The van der Waals surface area contributed by atoms with E-state index >= 15 is 0 Å². The fraction of sp³-hybridized carbons (Fsp3) is 0.378. The van der Waals surface area contributed by atoms with Gasteiger partial charge in [-0.3, -0.25) is 14.9 Å². The van der Waals surface area contributed by atoms with Crippen LogP contribution in [0.25, 0.3) is 16.6 Å². The van der Waals surface area contributed by atoms with Gasteiger partial charge in [0, 0.05) is 54.2 Å². The number of pyridine rings is 1. The number of benzene rings is 3. The molecule has 0 spiro atoms. The maximum absolute atomic E-state index is 14.2. The topological polar surface area (TPSA) is 172 Å². The third kappa shape index (κ3) is 9.77. The number of allylic oxidation sites excluding steroid dienone is 1. The molecule has 20 radical (unpaired) electrons. The van der Waals surface area contributed by atoms with Crippen molar-refractivity contribution in [1.82, 2.24) is 19.6 Å². The molecule has 8 rings (SSSR count). The largest absolute Gasteiger partial charge is 0.455 e. The Morgan fingerprint density at radius 1 is 0.944 bits per heavy atom. The van der Waals surface area contributed by atoms with Gasteiger partial charge in [0.2, 0.25) is 0 Å². The van der Waals surface area contributed by atoms with E-state index in [0.29, 0.717) is 60.7 Å². The molecule has 71 heavy (non-hydrogen) atoms. The highest BCUT2D eigenvalue weighted by molar-refractivity contribution is 7.90. The Hall–Kier alpha value is -4.83. The number of hydrogen-bond acceptors (Lipinski definition) is 11. The lowest BCUT2D eigenvalue weighted by molar-refractivity contribution is -0.384. The fourth-order valence-electron chi connectivity index (χ4n) is 9.60. The van der Waals surface area contributed by atoms with E-state index in [1.165, 1.54) is 24.4 Å². The van der Waals surface area contributed by atoms with Crippen LogP contribution in [0.15, 0.2) is 95.7 Å². The number of rotatable bonds is 13. The van der Waals surface area contributed by atoms with Crippen molar-refractivity contribution in [2.75, 3.05) is 30.0 Å². The van der Waals surface area contributed by atoms with Gasteiger partial charge < -0.3 is 29.6 Å². The molecule has 340 valence electrons. The van der Waals surface area contributed by atoms with Gasteiger partial charge in [0.15, 0.2) is 0 Å². The van der Waals surface area contributed by atoms with Crippen LogP contribution in [0.5, 0.6) is 11.5 Å². The van der Waals surface area contributed by atoms with Gasteiger partial charge in [0.1, 0.15) is 22.8 Å². The number of carbonyl (C=O) groups is 1. The summed E-state index contributed by atoms with van der Waals surface area (Å²) in [5.74, 6) is -1.30. The maximum Gasteiger partial charge on any atom is 0.293 e. The van der Waals surface area contributed by atoms with Crippen LogP contribution in [0.3, 0.4) is 0 Å². The zero-order valence-electron chi connectivity index (χ0n) is 39.0. The minimum Gasteiger partial charge on any atom is -0.455 e. The van der Waals surface area contributed by atoms with Crippen molar-refractivity contribution < 1.29 is 27.6 Å². The molecule has 2 aliphatic heterocycles. The van der Waals surface area contributed by atoms with Crippen LogP contribution in [-0.2, 0) is 14.8 Å². The molecule has 0 atom stereocenters. The Kier molecular flexibility index (Phi) is 14.0. The summed E-state index contributed by atoms with van der Waals surface area (Å²) in [7, 11) is 65.4. The number of nitrogens with zero attached hydrogens (tertiary/aromatic N) is 4. The first-order chi connectivity index (χ1) is 33.1. The number of halogens is 1. The van der Waals surface area contributed by atoms with Crippen molar-refractivity contribution >= 4 is 140 Å². The molecule has 3 aliphatic rings. The smallest absolute Gasteiger partial charge is 0.293 e. The average molecular weight is 966 g/mol. The molecule has 1 aliphatic carbocycles. The Labute approximate surface area is 432 Å².